The quantitative estimate of drug-likeness (QED) is 0.0165. The van der Waals surface area contributed by atoms with Crippen LogP contribution in [0.1, 0.15) is 155 Å². The third-order valence-electron chi connectivity index (χ3n) is 19.3. The first-order valence-corrected chi connectivity index (χ1v) is 35.4. The number of nitrogens with one attached hydrogen (secondary N) is 6. The van der Waals surface area contributed by atoms with E-state index in [-0.39, 0.29) is 75.4 Å². The fraction of sp³-hybridized carbons (Fsp3) is 0.532. The summed E-state index contributed by atoms with van der Waals surface area (Å²) in [6, 6.07) is 23.4. The molecular formula is C77H107N11O14. The van der Waals surface area contributed by atoms with Crippen molar-refractivity contribution in [2.75, 3.05) is 51.6 Å². The third-order valence-corrected chi connectivity index (χ3v) is 19.3. The van der Waals surface area contributed by atoms with Crippen molar-refractivity contribution in [3.63, 3.8) is 0 Å². The number of urea groups is 1. The van der Waals surface area contributed by atoms with E-state index in [0.29, 0.717) is 53.9 Å². The van der Waals surface area contributed by atoms with Crippen molar-refractivity contribution in [1.29, 1.82) is 0 Å². The lowest BCUT2D eigenvalue weighted by molar-refractivity contribution is -0.148. The van der Waals surface area contributed by atoms with Crippen LogP contribution < -0.4 is 42.5 Å². The van der Waals surface area contributed by atoms with Crippen molar-refractivity contribution in [2.24, 2.45) is 35.3 Å². The predicted molar refractivity (Wildman–Crippen MR) is 388 cm³/mol. The highest BCUT2D eigenvalue weighted by Gasteiger charge is 2.44. The number of aliphatic hydroxyl groups excluding tert-OH is 1. The Balaban J connectivity index is 1.04. The first-order valence-electron chi connectivity index (χ1n) is 35.4. The summed E-state index contributed by atoms with van der Waals surface area (Å²) in [6.45, 7) is 18.6. The smallest absolute Gasteiger partial charge is 0.410 e. The van der Waals surface area contributed by atoms with Crippen LogP contribution in [0.15, 0.2) is 103 Å². The Bertz CT molecular complexity index is 3580. The van der Waals surface area contributed by atoms with E-state index < -0.39 is 126 Å². The fourth-order valence-electron chi connectivity index (χ4n) is 13.2. The second-order valence-electron chi connectivity index (χ2n) is 27.7. The average Bonchev–Trinajstić information content (AvgIpc) is 1.26. The van der Waals surface area contributed by atoms with E-state index in [2.05, 4.69) is 43.7 Å². The van der Waals surface area contributed by atoms with Crippen LogP contribution in [0.4, 0.5) is 21.0 Å². The number of aliphatic hydroxyl groups is 1. The van der Waals surface area contributed by atoms with Crippen LogP contribution in [-0.2, 0) is 65.7 Å². The molecule has 0 aliphatic carbocycles. The van der Waals surface area contributed by atoms with Gasteiger partial charge in [0.25, 0.3) is 0 Å². The van der Waals surface area contributed by atoms with Gasteiger partial charge in [-0.25, -0.2) is 9.59 Å². The van der Waals surface area contributed by atoms with Crippen LogP contribution in [-0.4, -0.2) is 175 Å². The highest BCUT2D eigenvalue weighted by molar-refractivity contribution is 6.00. The molecule has 1 fully saturated rings. The SMILES string of the molecule is CC[C@H](C)[C@@H]([C@@H](CC(=O)N1CCC[C@H]1[C@H](OC)[C@@H](C)C(=O)N[C@H](C)[C@@H](O)c1ccccc1)OC)N(C)C(=O)[C@@H](NC(=O)[C@H](C(C)C)N(C)C(=O)OCc1ccc(NC(=O)[C@H](CCCNC(N)=O)NC(=O)[C@@H](NC(=O)CCC(=O)N2Cc3ccccc3C#Cc3ccccc32)C(C)C)cc1)C(C)C. The highest BCUT2D eigenvalue weighted by Crippen LogP contribution is 2.32. The topological polar surface area (TPSA) is 330 Å². The number of anilines is 2. The van der Waals surface area contributed by atoms with Crippen LogP contribution in [0, 0.1) is 41.4 Å². The number of carbonyl (C=O) groups excluding carboxylic acids is 10. The molecule has 4 aromatic carbocycles. The van der Waals surface area contributed by atoms with Gasteiger partial charge in [0.1, 0.15) is 30.8 Å². The molecule has 102 heavy (non-hydrogen) atoms. The number of rotatable bonds is 35. The number of benzene rings is 4. The Hall–Kier alpha value is -9.38. The number of nitrogens with two attached hydrogens (primary N) is 1. The molecule has 25 nitrogen and oxygen atoms in total. The van der Waals surface area contributed by atoms with E-state index in [1.54, 1.807) is 114 Å². The molecule has 554 valence electrons. The van der Waals surface area contributed by atoms with Crippen LogP contribution in [0.2, 0.25) is 0 Å². The van der Waals surface area contributed by atoms with E-state index in [9.17, 15) is 53.1 Å². The van der Waals surface area contributed by atoms with E-state index in [4.69, 9.17) is 19.9 Å². The number of likely N-dealkylation sites (N-methyl/N-ethyl adjacent to an activating group) is 2. The minimum absolute atomic E-state index is 0.0581. The number of primary amides is 1. The Morgan fingerprint density at radius 1 is 0.676 bits per heavy atom. The number of methoxy groups -OCH3 is 2. The van der Waals surface area contributed by atoms with Crippen molar-refractivity contribution in [3.8, 4) is 11.8 Å². The maximum atomic E-state index is 14.9. The normalized spacial score (nSPS) is 16.5. The number of ether oxygens (including phenoxy) is 3. The number of hydrogen-bond acceptors (Lipinski definition) is 14. The predicted octanol–water partition coefficient (Wildman–Crippen LogP) is 7.32. The molecule has 2 aliphatic heterocycles. The summed E-state index contributed by atoms with van der Waals surface area (Å²) in [5, 5.41) is 27.7. The van der Waals surface area contributed by atoms with Gasteiger partial charge in [-0.15, -0.1) is 0 Å². The molecule has 0 unspecified atom stereocenters. The molecule has 0 aromatic heterocycles. The molecule has 2 aliphatic rings. The second kappa shape index (κ2) is 39.2. The van der Waals surface area contributed by atoms with E-state index >= 15 is 0 Å². The molecule has 0 spiro atoms. The summed E-state index contributed by atoms with van der Waals surface area (Å²) in [4.78, 5) is 145. The van der Waals surface area contributed by atoms with Crippen LogP contribution >= 0.6 is 0 Å². The van der Waals surface area contributed by atoms with Crippen molar-refractivity contribution in [2.45, 2.75) is 194 Å². The number of likely N-dealkylation sites (tertiary alicyclic amines) is 1. The van der Waals surface area contributed by atoms with E-state index in [0.717, 1.165) is 11.1 Å². The van der Waals surface area contributed by atoms with Gasteiger partial charge in [-0.2, -0.15) is 0 Å². The molecule has 11 amide bonds. The van der Waals surface area contributed by atoms with Gasteiger partial charge in [0.15, 0.2) is 0 Å². The fourth-order valence-corrected chi connectivity index (χ4v) is 13.2. The highest BCUT2D eigenvalue weighted by atomic mass is 16.6. The number of hydrogen-bond donors (Lipinski definition) is 8. The molecule has 4 aromatic rings. The lowest BCUT2D eigenvalue weighted by Crippen LogP contribution is -2.60. The molecule has 9 N–H and O–H groups in total. The molecule has 0 bridgehead atoms. The Morgan fingerprint density at radius 2 is 1.31 bits per heavy atom. The Morgan fingerprint density at radius 3 is 1.94 bits per heavy atom. The van der Waals surface area contributed by atoms with Gasteiger partial charge in [-0.3, -0.25) is 43.3 Å². The first-order chi connectivity index (χ1) is 48.5. The summed E-state index contributed by atoms with van der Waals surface area (Å²) in [5.74, 6) is 0.460. The number of fused-ring (bicyclic) bond motifs is 2. The molecule has 2 heterocycles. The maximum absolute atomic E-state index is 14.9. The molecule has 25 heteroatoms. The summed E-state index contributed by atoms with van der Waals surface area (Å²) in [7, 11) is 6.09. The zero-order valence-electron chi connectivity index (χ0n) is 61.6. The summed E-state index contributed by atoms with van der Waals surface area (Å²) >= 11 is 0. The van der Waals surface area contributed by atoms with E-state index in [1.807, 2.05) is 80.6 Å². The van der Waals surface area contributed by atoms with Gasteiger partial charge >= 0.3 is 12.1 Å². The van der Waals surface area contributed by atoms with Gasteiger partial charge in [0.05, 0.1) is 61.0 Å². The average molecular weight is 1410 g/mol. The van der Waals surface area contributed by atoms with Gasteiger partial charge in [-0.1, -0.05) is 153 Å². The van der Waals surface area contributed by atoms with Crippen molar-refractivity contribution < 1.29 is 67.3 Å². The lowest BCUT2D eigenvalue weighted by Gasteiger charge is -2.41. The minimum atomic E-state index is -1.16. The molecule has 6 rings (SSSR count). The third kappa shape index (κ3) is 22.3. The number of nitrogens with zero attached hydrogens (tertiary/aromatic N) is 4. The summed E-state index contributed by atoms with van der Waals surface area (Å²) < 4.78 is 17.8. The number of para-hydroxylation sites is 1. The Kier molecular flexibility index (Phi) is 31.3. The van der Waals surface area contributed by atoms with Crippen molar-refractivity contribution >= 4 is 70.8 Å². The molecule has 1 saturated heterocycles. The molecule has 12 atom stereocenters. The molecule has 0 radical (unpaired) electrons. The van der Waals surface area contributed by atoms with Crippen LogP contribution in [0.5, 0.6) is 0 Å². The van der Waals surface area contributed by atoms with Crippen molar-refractivity contribution in [1.82, 2.24) is 41.3 Å². The number of carbonyl (C=O) groups is 10. The lowest BCUT2D eigenvalue weighted by atomic mass is 9.89. The van der Waals surface area contributed by atoms with Gasteiger partial charge in [-0.05, 0) is 103 Å². The van der Waals surface area contributed by atoms with Gasteiger partial charge < -0.3 is 71.7 Å². The standard InChI is InChI=1S/C77H107N11O14/c1-15-49(8)68(61(100-13)43-64(91)87-42-24-32-60(87)70(101-14)50(9)71(93)80-51(10)69(92)55-27-17-16-18-28-55)85(11)75(97)66(47(4)5)84-74(96)67(48(6)7)86(12)77(99)102-45-52-33-37-57(38-34-52)81-72(94)58(30-23-41-79-76(78)98)82-73(95)65(46(2)3)83-62(89)39-40-63(90)88-44-56-29-20-19-25-53(56)35-36-54-26-21-22-31-59(54)88/h16-22,25-29,31,33-34,37-38,46-51,58,60-61,65-70,92H,15,23-24,30,32,39-45H2,1-14H3,(H,80,93)(H,81,94)(H,82,95)(H,83,89)(H,84,96)(H3,78,79,98)/t49-,50+,51+,58-,60-,61+,65-,66-,67-,68-,69+,70+/m0/s1. The first kappa shape index (κ1) is 81.6. The minimum Gasteiger partial charge on any atom is -0.445 e. The second-order valence-corrected chi connectivity index (χ2v) is 27.7. The molecule has 0 saturated carbocycles. The largest absolute Gasteiger partial charge is 0.445 e. The van der Waals surface area contributed by atoms with E-state index in [1.165, 1.54) is 26.2 Å². The van der Waals surface area contributed by atoms with Gasteiger partial charge in [0, 0.05) is 71.1 Å². The van der Waals surface area contributed by atoms with Crippen LogP contribution in [0.25, 0.3) is 0 Å². The monoisotopic (exact) mass is 1410 g/mol. The van der Waals surface area contributed by atoms with Crippen LogP contribution in [0.3, 0.4) is 0 Å². The number of amides is 11. The van der Waals surface area contributed by atoms with Crippen molar-refractivity contribution in [3.05, 3.63) is 131 Å². The molecular weight excluding hydrogens is 1300 g/mol. The van der Waals surface area contributed by atoms with Gasteiger partial charge in [0.2, 0.25) is 47.3 Å². The zero-order chi connectivity index (χ0) is 75.1. The summed E-state index contributed by atoms with van der Waals surface area (Å²) in [5.41, 5.74) is 9.74. The maximum Gasteiger partial charge on any atom is 0.410 e. The summed E-state index contributed by atoms with van der Waals surface area (Å²) in [6.07, 6.45) is -1.54. The zero-order valence-corrected chi connectivity index (χ0v) is 61.6. The Labute approximate surface area is 600 Å².